The summed E-state index contributed by atoms with van der Waals surface area (Å²) >= 11 is 0. The van der Waals surface area contributed by atoms with E-state index >= 15 is 0 Å². The SMILES string of the molecule is C[C@@H]1CCCC[C@H]1OCc1nnc([C@@H]2CN(S(C)(=O)=O)CCO2)o1. The van der Waals surface area contributed by atoms with Crippen molar-refractivity contribution >= 4 is 10.0 Å². The van der Waals surface area contributed by atoms with Crippen LogP contribution in [-0.4, -0.2) is 55.0 Å². The Balaban J connectivity index is 1.57. The third kappa shape index (κ3) is 4.33. The number of nitrogens with zero attached hydrogens (tertiary/aromatic N) is 3. The zero-order valence-corrected chi connectivity index (χ0v) is 15.0. The second-order valence-electron chi connectivity index (χ2n) is 6.63. The number of aromatic nitrogens is 2. The van der Waals surface area contributed by atoms with E-state index in [4.69, 9.17) is 13.9 Å². The van der Waals surface area contributed by atoms with Gasteiger partial charge in [-0.2, -0.15) is 4.31 Å². The first-order valence-electron chi connectivity index (χ1n) is 8.44. The molecule has 3 rings (SSSR count). The van der Waals surface area contributed by atoms with E-state index in [9.17, 15) is 8.42 Å². The molecule has 24 heavy (non-hydrogen) atoms. The quantitative estimate of drug-likeness (QED) is 0.786. The van der Waals surface area contributed by atoms with Gasteiger partial charge in [-0.15, -0.1) is 10.2 Å². The maximum atomic E-state index is 11.7. The van der Waals surface area contributed by atoms with E-state index in [1.54, 1.807) is 0 Å². The molecule has 0 amide bonds. The predicted molar refractivity (Wildman–Crippen MR) is 85.6 cm³/mol. The van der Waals surface area contributed by atoms with Gasteiger partial charge in [0.25, 0.3) is 0 Å². The fourth-order valence-electron chi connectivity index (χ4n) is 3.24. The molecule has 1 saturated carbocycles. The van der Waals surface area contributed by atoms with Gasteiger partial charge < -0.3 is 13.9 Å². The molecule has 1 aromatic rings. The van der Waals surface area contributed by atoms with Crippen molar-refractivity contribution in [3.8, 4) is 0 Å². The third-order valence-electron chi connectivity index (χ3n) is 4.71. The van der Waals surface area contributed by atoms with E-state index in [-0.39, 0.29) is 19.3 Å². The summed E-state index contributed by atoms with van der Waals surface area (Å²) in [5, 5.41) is 7.99. The molecule has 1 aliphatic carbocycles. The Morgan fingerprint density at radius 3 is 2.83 bits per heavy atom. The molecule has 1 aliphatic heterocycles. The van der Waals surface area contributed by atoms with E-state index < -0.39 is 16.1 Å². The molecule has 0 radical (unpaired) electrons. The Hall–Kier alpha value is -1.03. The topological polar surface area (TPSA) is 94.8 Å². The van der Waals surface area contributed by atoms with Gasteiger partial charge in [0.2, 0.25) is 21.8 Å². The van der Waals surface area contributed by atoms with Gasteiger partial charge in [0.1, 0.15) is 12.7 Å². The standard InChI is InChI=1S/C15H25N3O5S/c1-11-5-3-4-6-12(11)22-10-14-16-17-15(23-14)13-9-18(7-8-21-13)24(2,19)20/h11-13H,3-10H2,1-2H3/t11-,12-,13+/m1/s1. The van der Waals surface area contributed by atoms with Crippen molar-refractivity contribution in [2.75, 3.05) is 26.0 Å². The van der Waals surface area contributed by atoms with Crippen molar-refractivity contribution in [3.05, 3.63) is 11.8 Å². The van der Waals surface area contributed by atoms with E-state index in [2.05, 4.69) is 17.1 Å². The van der Waals surface area contributed by atoms with E-state index in [1.165, 1.54) is 29.8 Å². The van der Waals surface area contributed by atoms with Crippen molar-refractivity contribution in [2.45, 2.75) is 51.4 Å². The van der Waals surface area contributed by atoms with Gasteiger partial charge >= 0.3 is 0 Å². The first-order chi connectivity index (χ1) is 11.4. The molecule has 0 spiro atoms. The van der Waals surface area contributed by atoms with E-state index in [0.717, 1.165) is 6.42 Å². The molecule has 0 N–H and O–H groups in total. The fraction of sp³-hybridized carbons (Fsp3) is 0.867. The average Bonchev–Trinajstić information content (AvgIpc) is 3.02. The number of hydrogen-bond acceptors (Lipinski definition) is 7. The molecule has 0 aromatic carbocycles. The number of hydrogen-bond donors (Lipinski definition) is 0. The molecule has 0 bridgehead atoms. The van der Waals surface area contributed by atoms with Crippen LogP contribution in [0, 0.1) is 5.92 Å². The van der Waals surface area contributed by atoms with Gasteiger partial charge in [-0.3, -0.25) is 0 Å². The Bertz CT molecular complexity index is 647. The fourth-order valence-corrected chi connectivity index (χ4v) is 4.05. The van der Waals surface area contributed by atoms with Crippen LogP contribution in [-0.2, 0) is 26.1 Å². The van der Waals surface area contributed by atoms with Gasteiger partial charge in [-0.25, -0.2) is 8.42 Å². The third-order valence-corrected chi connectivity index (χ3v) is 5.98. The van der Waals surface area contributed by atoms with E-state index in [0.29, 0.717) is 30.9 Å². The van der Waals surface area contributed by atoms with E-state index in [1.807, 2.05) is 0 Å². The molecule has 3 atom stereocenters. The second kappa shape index (κ2) is 7.47. The first kappa shape index (κ1) is 17.8. The number of sulfonamides is 1. The van der Waals surface area contributed by atoms with Crippen molar-refractivity contribution in [1.29, 1.82) is 0 Å². The molecular weight excluding hydrogens is 334 g/mol. The van der Waals surface area contributed by atoms with Crippen LogP contribution in [0.25, 0.3) is 0 Å². The van der Waals surface area contributed by atoms with Crippen LogP contribution in [0.2, 0.25) is 0 Å². The zero-order chi connectivity index (χ0) is 17.2. The van der Waals surface area contributed by atoms with Crippen LogP contribution in [0.15, 0.2) is 4.42 Å². The van der Waals surface area contributed by atoms with Gasteiger partial charge in [-0.1, -0.05) is 19.8 Å². The van der Waals surface area contributed by atoms with Gasteiger partial charge in [0.05, 0.1) is 19.0 Å². The van der Waals surface area contributed by atoms with Crippen LogP contribution < -0.4 is 0 Å². The molecule has 136 valence electrons. The molecular formula is C15H25N3O5S. The van der Waals surface area contributed by atoms with Crippen molar-refractivity contribution in [2.24, 2.45) is 5.92 Å². The van der Waals surface area contributed by atoms with Crippen LogP contribution >= 0.6 is 0 Å². The van der Waals surface area contributed by atoms with Crippen LogP contribution in [0.3, 0.4) is 0 Å². The summed E-state index contributed by atoms with van der Waals surface area (Å²) in [4.78, 5) is 0. The normalized spacial score (nSPS) is 29.7. The Morgan fingerprint density at radius 1 is 1.29 bits per heavy atom. The molecule has 9 heteroatoms. The Kier molecular flexibility index (Phi) is 5.53. The highest BCUT2D eigenvalue weighted by atomic mass is 32.2. The van der Waals surface area contributed by atoms with Gasteiger partial charge in [0, 0.05) is 13.1 Å². The van der Waals surface area contributed by atoms with Crippen molar-refractivity contribution < 1.29 is 22.3 Å². The minimum Gasteiger partial charge on any atom is -0.420 e. The lowest BCUT2D eigenvalue weighted by atomic mass is 9.88. The number of ether oxygens (including phenoxy) is 2. The molecule has 0 unspecified atom stereocenters. The Labute approximate surface area is 142 Å². The first-order valence-corrected chi connectivity index (χ1v) is 10.3. The van der Waals surface area contributed by atoms with Crippen molar-refractivity contribution in [1.82, 2.24) is 14.5 Å². The molecule has 1 aromatic heterocycles. The molecule has 1 saturated heterocycles. The highest BCUT2D eigenvalue weighted by molar-refractivity contribution is 7.88. The highest BCUT2D eigenvalue weighted by Gasteiger charge is 2.31. The summed E-state index contributed by atoms with van der Waals surface area (Å²) in [5.41, 5.74) is 0. The van der Waals surface area contributed by atoms with Crippen molar-refractivity contribution in [3.63, 3.8) is 0 Å². The highest BCUT2D eigenvalue weighted by Crippen LogP contribution is 2.27. The molecule has 2 fully saturated rings. The summed E-state index contributed by atoms with van der Waals surface area (Å²) in [7, 11) is -3.25. The number of rotatable bonds is 5. The average molecular weight is 359 g/mol. The summed E-state index contributed by atoms with van der Waals surface area (Å²) in [6.07, 6.45) is 5.62. The summed E-state index contributed by atoms with van der Waals surface area (Å²) < 4.78 is 41.8. The maximum absolute atomic E-state index is 11.7. The molecule has 2 aliphatic rings. The molecule has 8 nitrogen and oxygen atoms in total. The summed E-state index contributed by atoms with van der Waals surface area (Å²) in [5.74, 6) is 1.26. The summed E-state index contributed by atoms with van der Waals surface area (Å²) in [6, 6.07) is 0. The monoisotopic (exact) mass is 359 g/mol. The minimum atomic E-state index is -3.25. The van der Waals surface area contributed by atoms with Crippen LogP contribution in [0.5, 0.6) is 0 Å². The second-order valence-corrected chi connectivity index (χ2v) is 8.61. The largest absolute Gasteiger partial charge is 0.420 e. The van der Waals surface area contributed by atoms with Gasteiger partial charge in [-0.05, 0) is 18.8 Å². The lowest BCUT2D eigenvalue weighted by molar-refractivity contribution is -0.0311. The lowest BCUT2D eigenvalue weighted by Gasteiger charge is -2.29. The summed E-state index contributed by atoms with van der Waals surface area (Å²) in [6.45, 7) is 3.34. The minimum absolute atomic E-state index is 0.195. The van der Waals surface area contributed by atoms with Gasteiger partial charge in [0.15, 0.2) is 0 Å². The predicted octanol–water partition coefficient (Wildman–Crippen LogP) is 1.50. The number of morpholine rings is 1. The lowest BCUT2D eigenvalue weighted by Crippen LogP contribution is -2.41. The smallest absolute Gasteiger partial charge is 0.246 e. The molecule has 2 heterocycles. The Morgan fingerprint density at radius 2 is 2.08 bits per heavy atom. The van der Waals surface area contributed by atoms with Crippen LogP contribution in [0.1, 0.15) is 50.5 Å². The zero-order valence-electron chi connectivity index (χ0n) is 14.2. The van der Waals surface area contributed by atoms with Crippen LogP contribution in [0.4, 0.5) is 0 Å². The maximum Gasteiger partial charge on any atom is 0.246 e.